The number of halogens is 2. The Morgan fingerprint density at radius 2 is 2.31 bits per heavy atom. The predicted octanol–water partition coefficient (Wildman–Crippen LogP) is 2.23. The standard InChI is InChI=1S/C9H8ClFO2/c1-13-9-5-8(11)7(10)4-6(9)2-3-12/h3-5H,2H2,1H3. The summed E-state index contributed by atoms with van der Waals surface area (Å²) in [6.45, 7) is 0. The first-order chi connectivity index (χ1) is 6.19. The van der Waals surface area contributed by atoms with Crippen LogP contribution in [0.1, 0.15) is 5.56 Å². The highest BCUT2D eigenvalue weighted by Gasteiger charge is 2.08. The Kier molecular flexibility index (Phi) is 3.25. The van der Waals surface area contributed by atoms with Crippen LogP contribution in [0, 0.1) is 5.82 Å². The van der Waals surface area contributed by atoms with Crippen molar-refractivity contribution in [2.75, 3.05) is 7.11 Å². The van der Waals surface area contributed by atoms with Crippen molar-refractivity contribution in [2.24, 2.45) is 0 Å². The summed E-state index contributed by atoms with van der Waals surface area (Å²) in [6, 6.07) is 2.56. The van der Waals surface area contributed by atoms with Gasteiger partial charge < -0.3 is 9.53 Å². The van der Waals surface area contributed by atoms with Crippen LogP contribution >= 0.6 is 11.6 Å². The minimum absolute atomic E-state index is 0.00218. The predicted molar refractivity (Wildman–Crippen MR) is 47.7 cm³/mol. The molecule has 0 heterocycles. The molecule has 70 valence electrons. The second kappa shape index (κ2) is 4.23. The van der Waals surface area contributed by atoms with Crippen LogP contribution in [0.25, 0.3) is 0 Å². The third-order valence-electron chi connectivity index (χ3n) is 1.63. The lowest BCUT2D eigenvalue weighted by atomic mass is 10.1. The van der Waals surface area contributed by atoms with Gasteiger partial charge in [-0.15, -0.1) is 0 Å². The third-order valence-corrected chi connectivity index (χ3v) is 1.92. The Labute approximate surface area is 80.3 Å². The first kappa shape index (κ1) is 9.99. The van der Waals surface area contributed by atoms with Crippen LogP contribution in [0.2, 0.25) is 5.02 Å². The lowest BCUT2D eigenvalue weighted by molar-refractivity contribution is -0.107. The second-order valence-corrected chi connectivity index (χ2v) is 2.86. The number of methoxy groups -OCH3 is 1. The largest absolute Gasteiger partial charge is 0.496 e. The first-order valence-electron chi connectivity index (χ1n) is 3.64. The molecule has 1 rings (SSSR count). The first-order valence-corrected chi connectivity index (χ1v) is 4.02. The summed E-state index contributed by atoms with van der Waals surface area (Å²) in [7, 11) is 1.41. The fraction of sp³-hybridized carbons (Fsp3) is 0.222. The summed E-state index contributed by atoms with van der Waals surface area (Å²) < 4.78 is 17.8. The number of carbonyl (C=O) groups excluding carboxylic acids is 1. The number of hydrogen-bond acceptors (Lipinski definition) is 2. The molecule has 0 atom stereocenters. The van der Waals surface area contributed by atoms with Gasteiger partial charge in [0.1, 0.15) is 17.9 Å². The lowest BCUT2D eigenvalue weighted by Gasteiger charge is -2.06. The van der Waals surface area contributed by atoms with Crippen LogP contribution in [0.5, 0.6) is 5.75 Å². The van der Waals surface area contributed by atoms with Gasteiger partial charge in [0.15, 0.2) is 0 Å². The molecule has 1 aromatic rings. The van der Waals surface area contributed by atoms with Crippen molar-refractivity contribution in [3.05, 3.63) is 28.5 Å². The van der Waals surface area contributed by atoms with Gasteiger partial charge in [-0.25, -0.2) is 4.39 Å². The van der Waals surface area contributed by atoms with Crippen molar-refractivity contribution >= 4 is 17.9 Å². The highest BCUT2D eigenvalue weighted by molar-refractivity contribution is 6.30. The summed E-state index contributed by atoms with van der Waals surface area (Å²) in [5.41, 5.74) is 0.587. The third kappa shape index (κ3) is 2.18. The van der Waals surface area contributed by atoms with Gasteiger partial charge in [-0.2, -0.15) is 0 Å². The Hall–Kier alpha value is -1.09. The molecule has 0 aromatic heterocycles. The molecule has 0 spiro atoms. The molecule has 0 unspecified atom stereocenters. The molecular formula is C9H8ClFO2. The highest BCUT2D eigenvalue weighted by atomic mass is 35.5. The van der Waals surface area contributed by atoms with Crippen molar-refractivity contribution in [2.45, 2.75) is 6.42 Å². The van der Waals surface area contributed by atoms with Crippen molar-refractivity contribution < 1.29 is 13.9 Å². The molecule has 1 aromatic carbocycles. The van der Waals surface area contributed by atoms with E-state index < -0.39 is 5.82 Å². The van der Waals surface area contributed by atoms with Gasteiger partial charge in [0.05, 0.1) is 12.1 Å². The topological polar surface area (TPSA) is 26.3 Å². The minimum Gasteiger partial charge on any atom is -0.496 e. The van der Waals surface area contributed by atoms with E-state index >= 15 is 0 Å². The van der Waals surface area contributed by atoms with E-state index in [2.05, 4.69) is 0 Å². The lowest BCUT2D eigenvalue weighted by Crippen LogP contribution is -1.94. The second-order valence-electron chi connectivity index (χ2n) is 2.45. The van der Waals surface area contributed by atoms with Crippen LogP contribution in [0.15, 0.2) is 12.1 Å². The van der Waals surface area contributed by atoms with Gasteiger partial charge in [-0.05, 0) is 6.07 Å². The van der Waals surface area contributed by atoms with Crippen molar-refractivity contribution in [3.8, 4) is 5.75 Å². The zero-order valence-electron chi connectivity index (χ0n) is 7.01. The molecule has 0 aliphatic heterocycles. The van der Waals surface area contributed by atoms with Gasteiger partial charge in [0.2, 0.25) is 0 Å². The number of rotatable bonds is 3. The molecule has 0 radical (unpaired) electrons. The fourth-order valence-electron chi connectivity index (χ4n) is 1.01. The maximum atomic E-state index is 12.9. The fourth-order valence-corrected chi connectivity index (χ4v) is 1.20. The van der Waals surface area contributed by atoms with Crippen LogP contribution < -0.4 is 4.74 Å². The highest BCUT2D eigenvalue weighted by Crippen LogP contribution is 2.25. The Morgan fingerprint density at radius 3 is 2.85 bits per heavy atom. The van der Waals surface area contributed by atoms with E-state index in [9.17, 15) is 9.18 Å². The monoisotopic (exact) mass is 202 g/mol. The Bertz CT molecular complexity index is 326. The molecule has 0 aliphatic rings. The zero-order chi connectivity index (χ0) is 9.84. The average Bonchev–Trinajstić information content (AvgIpc) is 2.11. The molecular weight excluding hydrogens is 195 g/mol. The SMILES string of the molecule is COc1cc(F)c(Cl)cc1CC=O. The smallest absolute Gasteiger partial charge is 0.145 e. The molecule has 0 saturated carbocycles. The number of carbonyl (C=O) groups is 1. The van der Waals surface area contributed by atoms with Crippen molar-refractivity contribution in [1.29, 1.82) is 0 Å². The molecule has 0 fully saturated rings. The van der Waals surface area contributed by atoms with Crippen LogP contribution in [-0.4, -0.2) is 13.4 Å². The van der Waals surface area contributed by atoms with E-state index in [-0.39, 0.29) is 11.4 Å². The molecule has 13 heavy (non-hydrogen) atoms. The Balaban J connectivity index is 3.15. The van der Waals surface area contributed by atoms with Gasteiger partial charge >= 0.3 is 0 Å². The van der Waals surface area contributed by atoms with E-state index in [0.29, 0.717) is 17.6 Å². The van der Waals surface area contributed by atoms with Crippen molar-refractivity contribution in [1.82, 2.24) is 0 Å². The number of hydrogen-bond donors (Lipinski definition) is 0. The zero-order valence-corrected chi connectivity index (χ0v) is 7.77. The van der Waals surface area contributed by atoms with Crippen LogP contribution in [0.3, 0.4) is 0 Å². The molecule has 0 saturated heterocycles. The van der Waals surface area contributed by atoms with Crippen LogP contribution in [0.4, 0.5) is 4.39 Å². The Morgan fingerprint density at radius 1 is 1.62 bits per heavy atom. The van der Waals surface area contributed by atoms with Gasteiger partial charge in [-0.1, -0.05) is 11.6 Å². The molecule has 0 bridgehead atoms. The maximum Gasteiger partial charge on any atom is 0.145 e. The van der Waals surface area contributed by atoms with Gasteiger partial charge in [0, 0.05) is 18.1 Å². The van der Waals surface area contributed by atoms with E-state index in [4.69, 9.17) is 16.3 Å². The minimum atomic E-state index is -0.548. The normalized spacial score (nSPS) is 9.77. The molecule has 0 aliphatic carbocycles. The quantitative estimate of drug-likeness (QED) is 0.703. The molecule has 0 amide bonds. The van der Waals surface area contributed by atoms with Crippen molar-refractivity contribution in [3.63, 3.8) is 0 Å². The molecule has 2 nitrogen and oxygen atoms in total. The number of aldehydes is 1. The summed E-state index contributed by atoms with van der Waals surface area (Å²) in [5, 5.41) is -0.00218. The summed E-state index contributed by atoms with van der Waals surface area (Å²) in [4.78, 5) is 10.2. The summed E-state index contributed by atoms with van der Waals surface area (Å²) in [6.07, 6.45) is 0.884. The van der Waals surface area contributed by atoms with Gasteiger partial charge in [0.25, 0.3) is 0 Å². The van der Waals surface area contributed by atoms with E-state index in [1.54, 1.807) is 0 Å². The number of ether oxygens (including phenoxy) is 1. The molecule has 0 N–H and O–H groups in total. The number of benzene rings is 1. The van der Waals surface area contributed by atoms with E-state index in [1.165, 1.54) is 19.2 Å². The molecule has 4 heteroatoms. The van der Waals surface area contributed by atoms with E-state index in [1.807, 2.05) is 0 Å². The summed E-state index contributed by atoms with van der Waals surface area (Å²) >= 11 is 5.53. The maximum absolute atomic E-state index is 12.9. The van der Waals surface area contributed by atoms with Crippen LogP contribution in [-0.2, 0) is 11.2 Å². The average molecular weight is 203 g/mol. The van der Waals surface area contributed by atoms with E-state index in [0.717, 1.165) is 0 Å². The van der Waals surface area contributed by atoms with Gasteiger partial charge in [-0.3, -0.25) is 0 Å². The summed E-state index contributed by atoms with van der Waals surface area (Å²) in [5.74, 6) is -0.206.